The Morgan fingerprint density at radius 2 is 1.27 bits per heavy atom. The number of hydrogen-bond donors (Lipinski definition) is 0. The highest BCUT2D eigenvalue weighted by Crippen LogP contribution is 2.36. The molecule has 0 unspecified atom stereocenters. The number of benzene rings is 3. The SMILES string of the molecule is C#CC#CC#CC1CCC(c2ccc(C(=O)OC[C@@H](OC(=O)c3ccc(C4CCC(C)CC4)cc3)c3ccccc3)cc2)CC1. The fourth-order valence-electron chi connectivity index (χ4n) is 6.45. The van der Waals surface area contributed by atoms with Crippen LogP contribution in [0.25, 0.3) is 0 Å². The third-order valence-electron chi connectivity index (χ3n) is 9.24. The van der Waals surface area contributed by atoms with E-state index >= 15 is 0 Å². The first kappa shape index (κ1) is 31.7. The van der Waals surface area contributed by atoms with Gasteiger partial charge in [-0.15, -0.1) is 6.42 Å². The van der Waals surface area contributed by atoms with Gasteiger partial charge in [-0.25, -0.2) is 9.59 Å². The molecule has 0 radical (unpaired) electrons. The maximum absolute atomic E-state index is 13.2. The third-order valence-corrected chi connectivity index (χ3v) is 9.24. The van der Waals surface area contributed by atoms with Gasteiger partial charge in [-0.2, -0.15) is 0 Å². The number of esters is 2. The number of carbonyl (C=O) groups excluding carboxylic acids is 2. The van der Waals surface area contributed by atoms with E-state index in [1.807, 2.05) is 66.7 Å². The molecular formula is C41H40O4. The molecule has 4 nitrogen and oxygen atoms in total. The molecule has 3 aromatic carbocycles. The van der Waals surface area contributed by atoms with Crippen LogP contribution in [0.5, 0.6) is 0 Å². The zero-order valence-electron chi connectivity index (χ0n) is 26.0. The molecule has 0 N–H and O–H groups in total. The molecule has 0 aromatic heterocycles. The van der Waals surface area contributed by atoms with E-state index in [-0.39, 0.29) is 6.61 Å². The maximum atomic E-state index is 13.2. The molecule has 0 saturated heterocycles. The topological polar surface area (TPSA) is 52.6 Å². The molecule has 0 bridgehead atoms. The average molecular weight is 597 g/mol. The van der Waals surface area contributed by atoms with Crippen LogP contribution in [0.4, 0.5) is 0 Å². The molecule has 2 aliphatic rings. The summed E-state index contributed by atoms with van der Waals surface area (Å²) in [6, 6.07) is 24.9. The Morgan fingerprint density at radius 3 is 1.84 bits per heavy atom. The Morgan fingerprint density at radius 1 is 0.711 bits per heavy atom. The predicted molar refractivity (Wildman–Crippen MR) is 177 cm³/mol. The summed E-state index contributed by atoms with van der Waals surface area (Å²) in [6.45, 7) is 2.24. The van der Waals surface area contributed by atoms with E-state index in [0.29, 0.717) is 28.9 Å². The van der Waals surface area contributed by atoms with Crippen molar-refractivity contribution in [3.63, 3.8) is 0 Å². The number of rotatable bonds is 8. The van der Waals surface area contributed by atoms with Gasteiger partial charge >= 0.3 is 11.9 Å². The molecule has 3 aromatic rings. The van der Waals surface area contributed by atoms with Crippen LogP contribution < -0.4 is 0 Å². The van der Waals surface area contributed by atoms with Crippen molar-refractivity contribution in [3.8, 4) is 36.0 Å². The molecule has 2 fully saturated rings. The second-order valence-electron chi connectivity index (χ2n) is 12.3. The standard InChI is InChI=1S/C41H40O4/c1-3-4-5-7-10-31-15-19-33(20-16-31)35-21-25-37(26-22-35)40(42)44-29-39(36-11-8-6-9-12-36)45-41(43)38-27-23-34(24-28-38)32-17-13-30(2)14-18-32/h1,6,8-9,11-12,21-28,30-33,39H,13-20,29H2,2H3/t30?,31?,32?,33?,39-/m1/s1. The van der Waals surface area contributed by atoms with Crippen LogP contribution in [0.1, 0.15) is 114 Å². The normalized spacial score (nSPS) is 21.4. The van der Waals surface area contributed by atoms with Gasteiger partial charge in [0.15, 0.2) is 6.10 Å². The van der Waals surface area contributed by atoms with Gasteiger partial charge in [-0.1, -0.05) is 80.3 Å². The van der Waals surface area contributed by atoms with Crippen molar-refractivity contribution in [2.75, 3.05) is 6.61 Å². The third kappa shape index (κ3) is 8.91. The van der Waals surface area contributed by atoms with Crippen molar-refractivity contribution in [3.05, 3.63) is 107 Å². The number of terminal acetylenes is 1. The summed E-state index contributed by atoms with van der Waals surface area (Å²) in [4.78, 5) is 26.2. The average Bonchev–Trinajstić information content (AvgIpc) is 3.09. The van der Waals surface area contributed by atoms with E-state index in [0.717, 1.165) is 37.2 Å². The van der Waals surface area contributed by atoms with Crippen LogP contribution in [0.2, 0.25) is 0 Å². The van der Waals surface area contributed by atoms with Gasteiger partial charge in [0, 0.05) is 5.92 Å². The lowest BCUT2D eigenvalue weighted by molar-refractivity contribution is -0.00134. The Kier molecular flexibility index (Phi) is 11.2. The fraction of sp³-hybridized carbons (Fsp3) is 0.366. The molecule has 2 aliphatic carbocycles. The van der Waals surface area contributed by atoms with Crippen LogP contribution in [0.3, 0.4) is 0 Å². The molecule has 0 amide bonds. The van der Waals surface area contributed by atoms with Gasteiger partial charge in [0.1, 0.15) is 6.61 Å². The minimum absolute atomic E-state index is 0.0779. The van der Waals surface area contributed by atoms with Crippen LogP contribution in [0.15, 0.2) is 78.9 Å². The van der Waals surface area contributed by atoms with Crippen LogP contribution in [0, 0.1) is 47.9 Å². The monoisotopic (exact) mass is 596 g/mol. The van der Waals surface area contributed by atoms with E-state index in [4.69, 9.17) is 15.9 Å². The Hall–Kier alpha value is -4.72. The number of carbonyl (C=O) groups is 2. The highest BCUT2D eigenvalue weighted by Gasteiger charge is 2.24. The summed E-state index contributed by atoms with van der Waals surface area (Å²) in [5.41, 5.74) is 4.22. The Balaban J connectivity index is 1.16. The van der Waals surface area contributed by atoms with Crippen molar-refractivity contribution in [2.45, 2.75) is 76.2 Å². The zero-order valence-corrected chi connectivity index (χ0v) is 26.0. The van der Waals surface area contributed by atoms with Crippen LogP contribution in [-0.4, -0.2) is 18.5 Å². The molecule has 0 aliphatic heterocycles. The quantitative estimate of drug-likeness (QED) is 0.193. The summed E-state index contributed by atoms with van der Waals surface area (Å²) < 4.78 is 11.6. The minimum atomic E-state index is -0.725. The van der Waals surface area contributed by atoms with Gasteiger partial charge in [0.25, 0.3) is 0 Å². The molecular weight excluding hydrogens is 556 g/mol. The van der Waals surface area contributed by atoms with E-state index in [9.17, 15) is 9.59 Å². The van der Waals surface area contributed by atoms with Gasteiger partial charge in [-0.3, -0.25) is 0 Å². The lowest BCUT2D eigenvalue weighted by Gasteiger charge is -2.26. The molecule has 4 heteroatoms. The van der Waals surface area contributed by atoms with Crippen molar-refractivity contribution in [1.82, 2.24) is 0 Å². The Bertz CT molecular complexity index is 1590. The molecule has 2 saturated carbocycles. The first-order valence-electron chi connectivity index (χ1n) is 16.1. The van der Waals surface area contributed by atoms with Crippen molar-refractivity contribution < 1.29 is 19.1 Å². The molecule has 5 rings (SSSR count). The van der Waals surface area contributed by atoms with E-state index in [1.165, 1.54) is 36.8 Å². The highest BCUT2D eigenvalue weighted by molar-refractivity contribution is 5.90. The second kappa shape index (κ2) is 15.8. The minimum Gasteiger partial charge on any atom is -0.458 e. The number of hydrogen-bond acceptors (Lipinski definition) is 4. The molecule has 228 valence electrons. The van der Waals surface area contributed by atoms with Crippen molar-refractivity contribution >= 4 is 11.9 Å². The van der Waals surface area contributed by atoms with Gasteiger partial charge in [0.05, 0.1) is 11.1 Å². The maximum Gasteiger partial charge on any atom is 0.338 e. The zero-order chi connectivity index (χ0) is 31.4. The second-order valence-corrected chi connectivity index (χ2v) is 12.3. The van der Waals surface area contributed by atoms with Gasteiger partial charge in [0.2, 0.25) is 0 Å². The first-order valence-corrected chi connectivity index (χ1v) is 16.1. The number of ether oxygens (including phenoxy) is 2. The van der Waals surface area contributed by atoms with Crippen molar-refractivity contribution in [1.29, 1.82) is 0 Å². The predicted octanol–water partition coefficient (Wildman–Crippen LogP) is 8.65. The Labute approximate surface area is 267 Å². The summed E-state index contributed by atoms with van der Waals surface area (Å²) in [5.74, 6) is 14.8. The summed E-state index contributed by atoms with van der Waals surface area (Å²) in [5, 5.41) is 0. The summed E-state index contributed by atoms with van der Waals surface area (Å²) in [6.07, 6.45) is 13.4. The smallest absolute Gasteiger partial charge is 0.338 e. The summed E-state index contributed by atoms with van der Waals surface area (Å²) >= 11 is 0. The van der Waals surface area contributed by atoms with Gasteiger partial charge in [-0.05, 0) is 121 Å². The molecule has 1 atom stereocenters. The van der Waals surface area contributed by atoms with E-state index in [2.05, 4.69) is 48.7 Å². The van der Waals surface area contributed by atoms with Crippen molar-refractivity contribution in [2.24, 2.45) is 11.8 Å². The van der Waals surface area contributed by atoms with Gasteiger partial charge < -0.3 is 9.47 Å². The largest absolute Gasteiger partial charge is 0.458 e. The first-order chi connectivity index (χ1) is 22.0. The lowest BCUT2D eigenvalue weighted by Crippen LogP contribution is -2.19. The molecule has 0 spiro atoms. The highest BCUT2D eigenvalue weighted by atomic mass is 16.6. The van der Waals surface area contributed by atoms with E-state index < -0.39 is 18.0 Å². The fourth-order valence-corrected chi connectivity index (χ4v) is 6.45. The summed E-state index contributed by atoms with van der Waals surface area (Å²) in [7, 11) is 0. The molecule has 0 heterocycles. The lowest BCUT2D eigenvalue weighted by atomic mass is 9.79. The molecule has 45 heavy (non-hydrogen) atoms. The van der Waals surface area contributed by atoms with Crippen LogP contribution in [-0.2, 0) is 9.47 Å². The van der Waals surface area contributed by atoms with Crippen LogP contribution >= 0.6 is 0 Å². The van der Waals surface area contributed by atoms with E-state index in [1.54, 1.807) is 0 Å².